The fourth-order valence-electron chi connectivity index (χ4n) is 4.19. The molecule has 0 bridgehead atoms. The molecule has 0 amide bonds. The number of halogens is 2. The molecule has 2 aromatic carbocycles. The number of nitrogens with zero attached hydrogens (tertiary/aromatic N) is 1. The van der Waals surface area contributed by atoms with Crippen LogP contribution in [0.15, 0.2) is 53.5 Å². The van der Waals surface area contributed by atoms with Crippen LogP contribution in [-0.2, 0) is 17.6 Å². The van der Waals surface area contributed by atoms with E-state index in [-0.39, 0.29) is 23.8 Å². The van der Waals surface area contributed by atoms with Crippen molar-refractivity contribution in [1.82, 2.24) is 0 Å². The van der Waals surface area contributed by atoms with Crippen LogP contribution in [0.4, 0.5) is 4.39 Å². The van der Waals surface area contributed by atoms with Crippen molar-refractivity contribution in [2.75, 3.05) is 6.54 Å². The van der Waals surface area contributed by atoms with E-state index in [2.05, 4.69) is 45.5 Å². The van der Waals surface area contributed by atoms with Crippen molar-refractivity contribution in [2.45, 2.75) is 46.0 Å². The highest BCUT2D eigenvalue weighted by molar-refractivity contribution is 6.31. The second kappa shape index (κ2) is 9.78. The Hall–Kier alpha value is -2.46. The average Bonchev–Trinajstić information content (AvgIpc) is 2.89. The summed E-state index contributed by atoms with van der Waals surface area (Å²) in [7, 11) is 0. The first-order chi connectivity index (χ1) is 14.7. The van der Waals surface area contributed by atoms with Crippen LogP contribution in [0.2, 0.25) is 5.02 Å². The van der Waals surface area contributed by atoms with Gasteiger partial charge in [-0.05, 0) is 59.4 Å². The van der Waals surface area contributed by atoms with Crippen molar-refractivity contribution in [1.29, 1.82) is 0 Å². The van der Waals surface area contributed by atoms with Crippen LogP contribution in [-0.4, -0.2) is 23.3 Å². The first kappa shape index (κ1) is 23.2. The Labute approximate surface area is 188 Å². The average molecular weight is 442 g/mol. The quantitative estimate of drug-likeness (QED) is 0.535. The monoisotopic (exact) mass is 441 g/mol. The number of benzene rings is 2. The van der Waals surface area contributed by atoms with Crippen molar-refractivity contribution >= 4 is 23.3 Å². The van der Waals surface area contributed by atoms with Crippen molar-refractivity contribution in [3.05, 3.63) is 81.6 Å². The van der Waals surface area contributed by atoms with Gasteiger partial charge < -0.3 is 5.11 Å². The molecular weight excluding hydrogens is 413 g/mol. The van der Waals surface area contributed by atoms with Crippen molar-refractivity contribution < 1.29 is 14.3 Å². The summed E-state index contributed by atoms with van der Waals surface area (Å²) < 4.78 is 14.4. The summed E-state index contributed by atoms with van der Waals surface area (Å²) >= 11 is 6.36. The minimum Gasteiger partial charge on any atom is -0.481 e. The number of allylic oxidation sites excluding steroid dienone is 1. The van der Waals surface area contributed by atoms with E-state index in [1.54, 1.807) is 0 Å². The lowest BCUT2D eigenvalue weighted by Crippen LogP contribution is -2.20. The molecule has 3 atom stereocenters. The molecule has 0 saturated carbocycles. The van der Waals surface area contributed by atoms with Crippen molar-refractivity contribution in [3.63, 3.8) is 0 Å². The van der Waals surface area contributed by atoms with E-state index in [0.29, 0.717) is 22.9 Å². The second-order valence-electron chi connectivity index (χ2n) is 8.61. The Kier molecular flexibility index (Phi) is 7.32. The molecule has 1 heterocycles. The number of fused-ring (bicyclic) bond motifs is 1. The molecule has 1 aliphatic rings. The number of rotatable bonds is 7. The van der Waals surface area contributed by atoms with Gasteiger partial charge in [-0.25, -0.2) is 4.39 Å². The molecule has 2 aromatic rings. The summed E-state index contributed by atoms with van der Waals surface area (Å²) in [5.41, 5.74) is 5.18. The molecule has 0 spiro atoms. The fraction of sp³-hybridized carbons (Fsp3) is 0.385. The van der Waals surface area contributed by atoms with Gasteiger partial charge in [-0.2, -0.15) is 0 Å². The van der Waals surface area contributed by atoms with Crippen LogP contribution in [0.25, 0.3) is 0 Å². The van der Waals surface area contributed by atoms with E-state index in [4.69, 9.17) is 21.7 Å². The maximum atomic E-state index is 14.4. The van der Waals surface area contributed by atoms with Gasteiger partial charge in [-0.15, -0.1) is 0 Å². The minimum atomic E-state index is -1.08. The SMILES string of the molecule is C=C(C1=NCCC(C)c2ccccc21)C(C)C(C)Cc1cc(F)c(CC(=O)O)cc1Cl. The summed E-state index contributed by atoms with van der Waals surface area (Å²) in [6.07, 6.45) is 1.19. The lowest BCUT2D eigenvalue weighted by Gasteiger charge is -2.25. The Morgan fingerprint density at radius 3 is 2.71 bits per heavy atom. The molecule has 0 saturated heterocycles. The minimum absolute atomic E-state index is 0.102. The maximum absolute atomic E-state index is 14.4. The molecule has 5 heteroatoms. The number of aliphatic imine (C=N–C) groups is 1. The number of hydrogen-bond donors (Lipinski definition) is 1. The second-order valence-corrected chi connectivity index (χ2v) is 9.02. The summed E-state index contributed by atoms with van der Waals surface area (Å²) in [5.74, 6) is -0.913. The van der Waals surface area contributed by atoms with Crippen LogP contribution in [0.3, 0.4) is 0 Å². The third kappa shape index (κ3) is 5.24. The highest BCUT2D eigenvalue weighted by Crippen LogP contribution is 2.33. The van der Waals surface area contributed by atoms with Crippen LogP contribution >= 0.6 is 11.6 Å². The summed E-state index contributed by atoms with van der Waals surface area (Å²) in [6.45, 7) is 11.6. The molecule has 31 heavy (non-hydrogen) atoms. The molecule has 0 aromatic heterocycles. The fourth-order valence-corrected chi connectivity index (χ4v) is 4.46. The molecule has 1 aliphatic heterocycles. The molecule has 0 aliphatic carbocycles. The number of carbonyl (C=O) groups is 1. The summed E-state index contributed by atoms with van der Waals surface area (Å²) in [6, 6.07) is 11.2. The standard InChI is InChI=1S/C26H29ClFNO2/c1-15-9-10-29-26(22-8-6-5-7-21(15)22)18(4)17(3)16(2)11-19-13-24(28)20(12-23(19)27)14-25(30)31/h5-8,12-13,15-17H,4,9-11,14H2,1-3H3,(H,30,31). The first-order valence-electron chi connectivity index (χ1n) is 10.7. The number of carboxylic acids is 1. The topological polar surface area (TPSA) is 49.7 Å². The smallest absolute Gasteiger partial charge is 0.307 e. The molecule has 164 valence electrons. The molecule has 0 radical (unpaired) electrons. The predicted octanol–water partition coefficient (Wildman–Crippen LogP) is 6.47. The summed E-state index contributed by atoms with van der Waals surface area (Å²) in [4.78, 5) is 15.8. The van der Waals surface area contributed by atoms with E-state index >= 15 is 0 Å². The van der Waals surface area contributed by atoms with E-state index in [1.807, 2.05) is 6.07 Å². The molecular formula is C26H29ClFNO2. The molecule has 0 fully saturated rings. The van der Waals surface area contributed by atoms with Gasteiger partial charge in [0, 0.05) is 22.7 Å². The van der Waals surface area contributed by atoms with Crippen molar-refractivity contribution in [2.24, 2.45) is 16.8 Å². The Morgan fingerprint density at radius 1 is 1.29 bits per heavy atom. The number of hydrogen-bond acceptors (Lipinski definition) is 2. The predicted molar refractivity (Wildman–Crippen MR) is 125 cm³/mol. The van der Waals surface area contributed by atoms with Crippen LogP contribution < -0.4 is 0 Å². The van der Waals surface area contributed by atoms with Crippen molar-refractivity contribution in [3.8, 4) is 0 Å². The van der Waals surface area contributed by atoms with E-state index in [1.165, 1.54) is 17.7 Å². The third-order valence-corrected chi connectivity index (χ3v) is 6.74. The number of aliphatic carboxylic acids is 1. The Bertz CT molecular complexity index is 1030. The largest absolute Gasteiger partial charge is 0.481 e. The Morgan fingerprint density at radius 2 is 2.00 bits per heavy atom. The maximum Gasteiger partial charge on any atom is 0.307 e. The number of carboxylic acid groups (broad SMARTS) is 1. The highest BCUT2D eigenvalue weighted by Gasteiger charge is 2.25. The first-order valence-corrected chi connectivity index (χ1v) is 11.1. The zero-order valence-electron chi connectivity index (χ0n) is 18.3. The van der Waals surface area contributed by atoms with Gasteiger partial charge in [0.15, 0.2) is 0 Å². The van der Waals surface area contributed by atoms with Gasteiger partial charge in [0.2, 0.25) is 0 Å². The van der Waals surface area contributed by atoms with E-state index < -0.39 is 11.8 Å². The third-order valence-electron chi connectivity index (χ3n) is 6.39. The lowest BCUT2D eigenvalue weighted by atomic mass is 9.80. The van der Waals surface area contributed by atoms with E-state index in [0.717, 1.165) is 29.8 Å². The van der Waals surface area contributed by atoms with Gasteiger partial charge in [0.05, 0.1) is 12.1 Å². The highest BCUT2D eigenvalue weighted by atomic mass is 35.5. The van der Waals surface area contributed by atoms with Crippen LogP contribution in [0, 0.1) is 17.7 Å². The zero-order valence-corrected chi connectivity index (χ0v) is 19.0. The lowest BCUT2D eigenvalue weighted by molar-refractivity contribution is -0.136. The van der Waals surface area contributed by atoms with Gasteiger partial charge in [-0.1, -0.05) is 63.2 Å². The molecule has 3 unspecified atom stereocenters. The van der Waals surface area contributed by atoms with Gasteiger partial charge in [-0.3, -0.25) is 9.79 Å². The summed E-state index contributed by atoms with van der Waals surface area (Å²) in [5, 5.41) is 9.33. The van der Waals surface area contributed by atoms with Crippen LogP contribution in [0.1, 0.15) is 55.4 Å². The van der Waals surface area contributed by atoms with Gasteiger partial charge in [0.25, 0.3) is 0 Å². The Balaban J connectivity index is 1.80. The molecule has 3 nitrogen and oxygen atoms in total. The van der Waals surface area contributed by atoms with Gasteiger partial charge in [0.1, 0.15) is 5.82 Å². The van der Waals surface area contributed by atoms with Crippen LogP contribution in [0.5, 0.6) is 0 Å². The zero-order chi connectivity index (χ0) is 22.7. The molecule has 3 rings (SSSR count). The molecule has 1 N–H and O–H groups in total. The normalized spacial score (nSPS) is 17.8. The van der Waals surface area contributed by atoms with E-state index in [9.17, 15) is 9.18 Å². The van der Waals surface area contributed by atoms with Gasteiger partial charge >= 0.3 is 5.97 Å².